The van der Waals surface area contributed by atoms with Gasteiger partial charge in [0, 0.05) is 31.7 Å². The van der Waals surface area contributed by atoms with E-state index in [9.17, 15) is 9.59 Å². The molecule has 1 aromatic heterocycles. The predicted molar refractivity (Wildman–Crippen MR) is 110 cm³/mol. The number of nitrogens with one attached hydrogen (secondary N) is 2. The number of carbonyl (C=O) groups is 2. The van der Waals surface area contributed by atoms with Gasteiger partial charge in [-0.2, -0.15) is 0 Å². The largest absolute Gasteiger partial charge is 0.450 e. The second-order valence-corrected chi connectivity index (χ2v) is 7.06. The Labute approximate surface area is 170 Å². The van der Waals surface area contributed by atoms with Crippen molar-refractivity contribution in [1.29, 1.82) is 0 Å². The van der Waals surface area contributed by atoms with E-state index in [0.29, 0.717) is 50.6 Å². The second kappa shape index (κ2) is 9.86. The van der Waals surface area contributed by atoms with Crippen molar-refractivity contribution in [3.63, 3.8) is 0 Å². The third-order valence-corrected chi connectivity index (χ3v) is 4.85. The van der Waals surface area contributed by atoms with Crippen molar-refractivity contribution >= 4 is 17.8 Å². The molecule has 3 rings (SSSR count). The number of benzene rings is 1. The number of likely N-dealkylation sites (tertiary alicyclic amines) is 1. The number of carbonyl (C=O) groups excluding carboxylic acids is 2. The molecule has 1 fully saturated rings. The Balaban J connectivity index is 1.50. The molecule has 154 valence electrons. The number of rotatable bonds is 6. The molecule has 0 saturated carbocycles. The quantitative estimate of drug-likeness (QED) is 0.778. The van der Waals surface area contributed by atoms with E-state index in [4.69, 9.17) is 4.74 Å². The number of aromatic nitrogens is 2. The molecule has 0 bridgehead atoms. The van der Waals surface area contributed by atoms with Gasteiger partial charge < -0.3 is 20.3 Å². The number of aryl methyl sites for hydroxylation is 1. The number of piperidine rings is 1. The Hall–Kier alpha value is -3.16. The van der Waals surface area contributed by atoms with Crippen LogP contribution in [0.3, 0.4) is 0 Å². The van der Waals surface area contributed by atoms with E-state index in [1.54, 1.807) is 17.9 Å². The fraction of sp³-hybridized carbons (Fsp3) is 0.429. The molecule has 2 heterocycles. The van der Waals surface area contributed by atoms with Gasteiger partial charge in [-0.3, -0.25) is 4.79 Å². The highest BCUT2D eigenvalue weighted by Gasteiger charge is 2.25. The van der Waals surface area contributed by atoms with Crippen molar-refractivity contribution in [2.45, 2.75) is 39.3 Å². The Kier molecular flexibility index (Phi) is 6.99. The van der Waals surface area contributed by atoms with Crippen molar-refractivity contribution in [2.24, 2.45) is 0 Å². The molecule has 29 heavy (non-hydrogen) atoms. The third kappa shape index (κ3) is 5.91. The summed E-state index contributed by atoms with van der Waals surface area (Å²) in [6.07, 6.45) is 2.47. The highest BCUT2D eigenvalue weighted by atomic mass is 16.6. The van der Waals surface area contributed by atoms with Crippen LogP contribution in [-0.2, 0) is 11.3 Å². The van der Waals surface area contributed by atoms with E-state index in [1.807, 2.05) is 6.92 Å². The van der Waals surface area contributed by atoms with E-state index < -0.39 is 0 Å². The van der Waals surface area contributed by atoms with Gasteiger partial charge in [-0.15, -0.1) is 0 Å². The summed E-state index contributed by atoms with van der Waals surface area (Å²) in [5, 5.41) is 6.22. The van der Waals surface area contributed by atoms with Crippen LogP contribution in [0.4, 0.5) is 10.6 Å². The highest BCUT2D eigenvalue weighted by molar-refractivity contribution is 5.93. The van der Waals surface area contributed by atoms with Gasteiger partial charge in [-0.25, -0.2) is 14.8 Å². The SMILES string of the molecule is CCOC(=O)N1CCC(NC(=O)c2cc(NCc3ccc(C)cc3)ncn2)CC1. The van der Waals surface area contributed by atoms with Gasteiger partial charge in [0.25, 0.3) is 5.91 Å². The molecule has 0 unspecified atom stereocenters. The first-order valence-corrected chi connectivity index (χ1v) is 9.89. The molecule has 8 heteroatoms. The van der Waals surface area contributed by atoms with Crippen LogP contribution in [0.25, 0.3) is 0 Å². The van der Waals surface area contributed by atoms with E-state index in [0.717, 1.165) is 5.56 Å². The standard InChI is InChI=1S/C21H27N5O3/c1-3-29-21(28)26-10-8-17(9-11-26)25-20(27)18-12-19(24-14-23-18)22-13-16-6-4-15(2)5-7-16/h4-7,12,14,17H,3,8-11,13H2,1-2H3,(H,25,27)(H,22,23,24). The summed E-state index contributed by atoms with van der Waals surface area (Å²) in [6.45, 7) is 5.95. The summed E-state index contributed by atoms with van der Waals surface area (Å²) in [6, 6.07) is 9.88. The molecule has 1 aromatic carbocycles. The summed E-state index contributed by atoms with van der Waals surface area (Å²) < 4.78 is 5.02. The fourth-order valence-corrected chi connectivity index (χ4v) is 3.16. The zero-order valence-corrected chi connectivity index (χ0v) is 16.9. The summed E-state index contributed by atoms with van der Waals surface area (Å²) >= 11 is 0. The minimum absolute atomic E-state index is 0.00658. The summed E-state index contributed by atoms with van der Waals surface area (Å²) in [7, 11) is 0. The van der Waals surface area contributed by atoms with Crippen LogP contribution >= 0.6 is 0 Å². The van der Waals surface area contributed by atoms with Gasteiger partial charge >= 0.3 is 6.09 Å². The van der Waals surface area contributed by atoms with E-state index in [2.05, 4.69) is 44.9 Å². The van der Waals surface area contributed by atoms with Crippen LogP contribution in [0.5, 0.6) is 0 Å². The van der Waals surface area contributed by atoms with Crippen LogP contribution in [-0.4, -0.2) is 52.6 Å². The second-order valence-electron chi connectivity index (χ2n) is 7.06. The van der Waals surface area contributed by atoms with Crippen molar-refractivity contribution in [3.05, 3.63) is 53.5 Å². The molecule has 0 radical (unpaired) electrons. The number of anilines is 1. The zero-order valence-electron chi connectivity index (χ0n) is 16.9. The summed E-state index contributed by atoms with van der Waals surface area (Å²) in [5.74, 6) is 0.364. The number of amides is 2. The maximum absolute atomic E-state index is 12.6. The van der Waals surface area contributed by atoms with Gasteiger partial charge in [0.05, 0.1) is 6.61 Å². The molecule has 2 aromatic rings. The van der Waals surface area contributed by atoms with Gasteiger partial charge in [-0.05, 0) is 32.3 Å². The highest BCUT2D eigenvalue weighted by Crippen LogP contribution is 2.13. The van der Waals surface area contributed by atoms with Crippen LogP contribution in [0.15, 0.2) is 36.7 Å². The molecule has 1 saturated heterocycles. The Morgan fingerprint density at radius 3 is 2.59 bits per heavy atom. The van der Waals surface area contributed by atoms with E-state index >= 15 is 0 Å². The number of nitrogens with zero attached hydrogens (tertiary/aromatic N) is 3. The Morgan fingerprint density at radius 2 is 1.90 bits per heavy atom. The lowest BCUT2D eigenvalue weighted by atomic mass is 10.1. The maximum atomic E-state index is 12.6. The normalized spacial score (nSPS) is 14.3. The molecule has 0 spiro atoms. The van der Waals surface area contributed by atoms with Crippen LogP contribution in [0.2, 0.25) is 0 Å². The van der Waals surface area contributed by atoms with Crippen molar-refractivity contribution in [2.75, 3.05) is 25.0 Å². The Morgan fingerprint density at radius 1 is 1.17 bits per heavy atom. The lowest BCUT2D eigenvalue weighted by molar-refractivity contribution is 0.0856. The van der Waals surface area contributed by atoms with E-state index in [1.165, 1.54) is 11.9 Å². The fourth-order valence-electron chi connectivity index (χ4n) is 3.16. The molecule has 0 atom stereocenters. The molecule has 1 aliphatic rings. The summed E-state index contributed by atoms with van der Waals surface area (Å²) in [5.41, 5.74) is 2.66. The van der Waals surface area contributed by atoms with Gasteiger partial charge in [-0.1, -0.05) is 29.8 Å². The zero-order chi connectivity index (χ0) is 20.6. The number of hydrogen-bond donors (Lipinski definition) is 2. The minimum atomic E-state index is -0.294. The van der Waals surface area contributed by atoms with Crippen LogP contribution in [0, 0.1) is 6.92 Å². The predicted octanol–water partition coefficient (Wildman–Crippen LogP) is 2.75. The maximum Gasteiger partial charge on any atom is 0.409 e. The van der Waals surface area contributed by atoms with Crippen molar-refractivity contribution in [1.82, 2.24) is 20.2 Å². The molecule has 8 nitrogen and oxygen atoms in total. The Bertz CT molecular complexity index is 832. The van der Waals surface area contributed by atoms with Gasteiger partial charge in [0.1, 0.15) is 17.8 Å². The van der Waals surface area contributed by atoms with Gasteiger partial charge in [0.2, 0.25) is 0 Å². The first-order valence-electron chi connectivity index (χ1n) is 9.89. The van der Waals surface area contributed by atoms with Gasteiger partial charge in [0.15, 0.2) is 0 Å². The molecule has 1 aliphatic heterocycles. The van der Waals surface area contributed by atoms with Crippen LogP contribution < -0.4 is 10.6 Å². The smallest absolute Gasteiger partial charge is 0.409 e. The first kappa shape index (κ1) is 20.6. The third-order valence-electron chi connectivity index (χ3n) is 4.85. The topological polar surface area (TPSA) is 96.5 Å². The lowest BCUT2D eigenvalue weighted by Crippen LogP contribution is -2.46. The minimum Gasteiger partial charge on any atom is -0.450 e. The average Bonchev–Trinajstić information content (AvgIpc) is 2.74. The molecule has 2 N–H and O–H groups in total. The van der Waals surface area contributed by atoms with Crippen molar-refractivity contribution < 1.29 is 14.3 Å². The molecular formula is C21H27N5O3. The number of ether oxygens (including phenoxy) is 1. The average molecular weight is 397 g/mol. The summed E-state index contributed by atoms with van der Waals surface area (Å²) in [4.78, 5) is 34.3. The van der Waals surface area contributed by atoms with Crippen molar-refractivity contribution in [3.8, 4) is 0 Å². The number of hydrogen-bond acceptors (Lipinski definition) is 6. The molecule has 2 amide bonds. The molecular weight excluding hydrogens is 370 g/mol. The lowest BCUT2D eigenvalue weighted by Gasteiger charge is -2.31. The van der Waals surface area contributed by atoms with E-state index in [-0.39, 0.29) is 18.0 Å². The first-order chi connectivity index (χ1) is 14.0. The molecule has 0 aliphatic carbocycles. The monoisotopic (exact) mass is 397 g/mol. The van der Waals surface area contributed by atoms with Crippen LogP contribution in [0.1, 0.15) is 41.4 Å².